The van der Waals surface area contributed by atoms with Crippen molar-refractivity contribution in [3.63, 3.8) is 0 Å². The Morgan fingerprint density at radius 3 is 2.61 bits per heavy atom. The fourth-order valence-corrected chi connectivity index (χ4v) is 3.12. The number of aliphatic hydroxyl groups is 1. The smallest absolute Gasteiger partial charge is 0.255 e. The number of aromatic amines is 1. The van der Waals surface area contributed by atoms with E-state index in [2.05, 4.69) is 52.4 Å². The molecule has 0 aliphatic carbocycles. The van der Waals surface area contributed by atoms with Crippen molar-refractivity contribution in [1.29, 1.82) is 0 Å². The fraction of sp³-hybridized carbons (Fsp3) is 0.214. The van der Waals surface area contributed by atoms with Crippen LogP contribution in [0.4, 0.5) is 5.95 Å². The number of benzene rings is 1. The number of H-pyrrole nitrogens is 1. The molecule has 9 heteroatoms. The topological polar surface area (TPSA) is 111 Å². The zero-order chi connectivity index (χ0) is 17.0. The molecule has 1 aromatic heterocycles. The average Bonchev–Trinajstić information content (AvgIpc) is 2.48. The normalized spacial score (nSPS) is 11.1. The van der Waals surface area contributed by atoms with E-state index in [0.29, 0.717) is 20.2 Å². The van der Waals surface area contributed by atoms with Crippen molar-refractivity contribution in [2.75, 3.05) is 12.0 Å². The molecule has 0 amide bonds. The highest BCUT2D eigenvalue weighted by Gasteiger charge is 2.07. The molecule has 2 aromatic rings. The van der Waals surface area contributed by atoms with Crippen LogP contribution in [0.3, 0.4) is 0 Å². The Balaban J connectivity index is 2.16. The maximum Gasteiger partial charge on any atom is 0.255 e. The largest absolute Gasteiger partial charge is 0.506 e. The lowest BCUT2D eigenvalue weighted by Crippen LogP contribution is -2.19. The number of aliphatic hydroxyl groups excluding tert-OH is 1. The highest BCUT2D eigenvalue weighted by Crippen LogP contribution is 2.32. The van der Waals surface area contributed by atoms with Crippen LogP contribution in [-0.4, -0.2) is 33.0 Å². The van der Waals surface area contributed by atoms with Crippen LogP contribution in [0.25, 0.3) is 0 Å². The summed E-state index contributed by atoms with van der Waals surface area (Å²) in [6, 6.07) is 3.38. The number of phenolic OH excluding ortho intramolecular Hbond substituents is 1. The summed E-state index contributed by atoms with van der Waals surface area (Å²) in [5.41, 5.74) is 4.06. The molecular weight excluding hydrogens is 432 g/mol. The van der Waals surface area contributed by atoms with Gasteiger partial charge in [0.25, 0.3) is 5.56 Å². The monoisotopic (exact) mass is 444 g/mol. The van der Waals surface area contributed by atoms with Crippen LogP contribution < -0.4 is 11.0 Å². The fourth-order valence-electron chi connectivity index (χ4n) is 1.90. The van der Waals surface area contributed by atoms with Gasteiger partial charge in [0.05, 0.1) is 20.9 Å². The van der Waals surface area contributed by atoms with Gasteiger partial charge in [-0.05, 0) is 56.5 Å². The van der Waals surface area contributed by atoms with Crippen molar-refractivity contribution in [3.05, 3.63) is 48.3 Å². The summed E-state index contributed by atoms with van der Waals surface area (Å²) in [4.78, 5) is 18.6. The standard InChI is InChI=1S/C14H14Br2N4O3/c1-7-9(2-3-21)13(23)19-14(18-7)20-17-6-8-4-10(15)12(22)11(16)5-8/h4-6,21-22H,2-3H2,1H3,(H2,18,19,20,23)/b17-6-. The molecule has 0 radical (unpaired) electrons. The molecule has 0 fully saturated rings. The van der Waals surface area contributed by atoms with Crippen molar-refractivity contribution >= 4 is 44.0 Å². The molecule has 0 atom stereocenters. The first-order chi connectivity index (χ1) is 10.9. The van der Waals surface area contributed by atoms with Gasteiger partial charge in [-0.1, -0.05) is 0 Å². The number of nitrogens with zero attached hydrogens (tertiary/aromatic N) is 2. The maximum atomic E-state index is 11.9. The zero-order valence-electron chi connectivity index (χ0n) is 12.1. The van der Waals surface area contributed by atoms with Gasteiger partial charge in [0.15, 0.2) is 0 Å². The second-order valence-corrected chi connectivity index (χ2v) is 6.36. The number of hydrogen-bond donors (Lipinski definition) is 4. The number of rotatable bonds is 5. The van der Waals surface area contributed by atoms with Gasteiger partial charge in [-0.2, -0.15) is 5.10 Å². The van der Waals surface area contributed by atoms with Crippen LogP contribution in [0.15, 0.2) is 31.0 Å². The van der Waals surface area contributed by atoms with E-state index < -0.39 is 0 Å². The van der Waals surface area contributed by atoms with Crippen molar-refractivity contribution in [2.45, 2.75) is 13.3 Å². The predicted molar refractivity (Wildman–Crippen MR) is 95.1 cm³/mol. The molecule has 0 bridgehead atoms. The quantitative estimate of drug-likeness (QED) is 0.416. The Bertz CT molecular complexity index is 782. The van der Waals surface area contributed by atoms with Gasteiger partial charge in [0, 0.05) is 18.6 Å². The van der Waals surface area contributed by atoms with E-state index in [0.717, 1.165) is 5.56 Å². The average molecular weight is 446 g/mol. The van der Waals surface area contributed by atoms with E-state index in [4.69, 9.17) is 5.11 Å². The summed E-state index contributed by atoms with van der Waals surface area (Å²) in [6.45, 7) is 1.59. The highest BCUT2D eigenvalue weighted by atomic mass is 79.9. The first-order valence-corrected chi connectivity index (χ1v) is 8.18. The lowest BCUT2D eigenvalue weighted by atomic mass is 10.2. The minimum absolute atomic E-state index is 0.108. The van der Waals surface area contributed by atoms with E-state index in [1.165, 1.54) is 6.21 Å². The molecule has 4 N–H and O–H groups in total. The summed E-state index contributed by atoms with van der Waals surface area (Å²) in [7, 11) is 0. The van der Waals surface area contributed by atoms with Crippen molar-refractivity contribution in [3.8, 4) is 5.75 Å². The number of anilines is 1. The van der Waals surface area contributed by atoms with Gasteiger partial charge in [-0.25, -0.2) is 10.4 Å². The maximum absolute atomic E-state index is 11.9. The molecule has 0 aliphatic heterocycles. The number of aryl methyl sites for hydroxylation is 1. The molecule has 7 nitrogen and oxygen atoms in total. The molecule has 0 aliphatic rings. The van der Waals surface area contributed by atoms with E-state index >= 15 is 0 Å². The summed E-state index contributed by atoms with van der Waals surface area (Å²) in [5, 5.41) is 22.6. The third-order valence-corrected chi connectivity index (χ3v) is 4.22. The lowest BCUT2D eigenvalue weighted by molar-refractivity contribution is 0.298. The minimum atomic E-state index is -0.306. The molecule has 0 unspecified atom stereocenters. The Labute approximate surface area is 148 Å². The Morgan fingerprint density at radius 1 is 1.39 bits per heavy atom. The summed E-state index contributed by atoms with van der Waals surface area (Å²) >= 11 is 6.47. The van der Waals surface area contributed by atoms with Gasteiger partial charge < -0.3 is 10.2 Å². The Morgan fingerprint density at radius 2 is 2.04 bits per heavy atom. The van der Waals surface area contributed by atoms with Crippen LogP contribution in [0.5, 0.6) is 5.75 Å². The van der Waals surface area contributed by atoms with Crippen LogP contribution in [0.2, 0.25) is 0 Å². The third kappa shape index (κ3) is 4.40. The molecule has 0 saturated heterocycles. The molecule has 122 valence electrons. The molecular formula is C14H14Br2N4O3. The van der Waals surface area contributed by atoms with Gasteiger partial charge in [0.2, 0.25) is 5.95 Å². The Hall–Kier alpha value is -1.71. The predicted octanol–water partition coefficient (Wildman–Crippen LogP) is 2.29. The third-order valence-electron chi connectivity index (χ3n) is 3.01. The molecule has 0 saturated carbocycles. The van der Waals surface area contributed by atoms with E-state index in [1.807, 2.05) is 0 Å². The zero-order valence-corrected chi connectivity index (χ0v) is 15.3. The summed E-state index contributed by atoms with van der Waals surface area (Å²) in [5.74, 6) is 0.318. The van der Waals surface area contributed by atoms with Crippen molar-refractivity contribution < 1.29 is 10.2 Å². The lowest BCUT2D eigenvalue weighted by Gasteiger charge is -2.05. The molecule has 23 heavy (non-hydrogen) atoms. The van der Waals surface area contributed by atoms with E-state index in [-0.39, 0.29) is 30.3 Å². The number of hydrogen-bond acceptors (Lipinski definition) is 6. The molecule has 1 heterocycles. The second kappa shape index (κ2) is 7.71. The second-order valence-electron chi connectivity index (χ2n) is 4.66. The number of aromatic nitrogens is 2. The van der Waals surface area contributed by atoms with Crippen LogP contribution in [-0.2, 0) is 6.42 Å². The van der Waals surface area contributed by atoms with Crippen LogP contribution >= 0.6 is 31.9 Å². The number of aromatic hydroxyl groups is 1. The first-order valence-electron chi connectivity index (χ1n) is 6.60. The summed E-state index contributed by atoms with van der Waals surface area (Å²) in [6.07, 6.45) is 1.78. The molecule has 2 rings (SSSR count). The number of hydrazone groups is 1. The van der Waals surface area contributed by atoms with Gasteiger partial charge in [0.1, 0.15) is 5.75 Å². The minimum Gasteiger partial charge on any atom is -0.506 e. The molecule has 1 aromatic carbocycles. The van der Waals surface area contributed by atoms with Gasteiger partial charge >= 0.3 is 0 Å². The van der Waals surface area contributed by atoms with Gasteiger partial charge in [-0.15, -0.1) is 0 Å². The number of halogens is 2. The highest BCUT2D eigenvalue weighted by molar-refractivity contribution is 9.11. The van der Waals surface area contributed by atoms with Gasteiger partial charge in [-0.3, -0.25) is 9.78 Å². The van der Waals surface area contributed by atoms with Crippen molar-refractivity contribution in [2.24, 2.45) is 5.10 Å². The SMILES string of the molecule is Cc1nc(N/N=C\c2cc(Br)c(O)c(Br)c2)[nH]c(=O)c1CCO. The van der Waals surface area contributed by atoms with Crippen LogP contribution in [0.1, 0.15) is 16.8 Å². The van der Waals surface area contributed by atoms with Crippen molar-refractivity contribution in [1.82, 2.24) is 9.97 Å². The summed E-state index contributed by atoms with van der Waals surface area (Å²) < 4.78 is 1.06. The molecule has 0 spiro atoms. The van der Waals surface area contributed by atoms with E-state index in [9.17, 15) is 9.90 Å². The van der Waals surface area contributed by atoms with Crippen LogP contribution in [0, 0.1) is 6.92 Å². The first kappa shape index (κ1) is 17.6. The number of nitrogens with one attached hydrogen (secondary N) is 2. The number of phenols is 1. The Kier molecular flexibility index (Phi) is 5.91. The van der Waals surface area contributed by atoms with E-state index in [1.54, 1.807) is 19.1 Å².